The minimum atomic E-state index is -2.92. The summed E-state index contributed by atoms with van der Waals surface area (Å²) < 4.78 is 8.85. The van der Waals surface area contributed by atoms with E-state index >= 15 is 0 Å². The molecule has 0 radical (unpaired) electrons. The average molecular weight is 655 g/mol. The van der Waals surface area contributed by atoms with Crippen molar-refractivity contribution in [3.05, 3.63) is 120 Å². The van der Waals surface area contributed by atoms with Crippen LogP contribution in [0, 0.1) is 11.8 Å². The highest BCUT2D eigenvalue weighted by Crippen LogP contribution is 2.43. The SMILES string of the molecule is CC(C)(C)[Si](O[C@H](/C=C/[C@@H]1[C@@H](C/C=C/CCCC(=O)O)[C@@H](O)C[C@H]1O)c1cc2ccccc2s1)(c1ccccc1)c1ccccc1. The van der Waals surface area contributed by atoms with Crippen molar-refractivity contribution >= 4 is 46.1 Å². The molecule has 5 rings (SSSR count). The number of hydrogen-bond donors (Lipinski definition) is 3. The van der Waals surface area contributed by atoms with Crippen LogP contribution in [0.3, 0.4) is 0 Å². The molecule has 0 amide bonds. The highest BCUT2D eigenvalue weighted by Gasteiger charge is 2.51. The largest absolute Gasteiger partial charge is 0.481 e. The zero-order valence-electron chi connectivity index (χ0n) is 27.0. The summed E-state index contributed by atoms with van der Waals surface area (Å²) in [6, 6.07) is 31.9. The van der Waals surface area contributed by atoms with Gasteiger partial charge in [0.15, 0.2) is 0 Å². The van der Waals surface area contributed by atoms with Gasteiger partial charge in [-0.1, -0.05) is 124 Å². The van der Waals surface area contributed by atoms with E-state index in [1.165, 1.54) is 20.5 Å². The van der Waals surface area contributed by atoms with Gasteiger partial charge in [0, 0.05) is 28.3 Å². The molecule has 242 valence electrons. The molecule has 1 aliphatic rings. The maximum absolute atomic E-state index is 11.1. The van der Waals surface area contributed by atoms with E-state index in [9.17, 15) is 15.0 Å². The molecule has 7 heteroatoms. The number of fused-ring (bicyclic) bond motifs is 1. The molecule has 5 nitrogen and oxygen atoms in total. The quantitative estimate of drug-likeness (QED) is 0.0784. The van der Waals surface area contributed by atoms with Crippen molar-refractivity contribution in [3.63, 3.8) is 0 Å². The fraction of sp³-hybridized carbons (Fsp3) is 0.359. The van der Waals surface area contributed by atoms with Crippen LogP contribution in [-0.4, -0.2) is 41.8 Å². The fourth-order valence-electron chi connectivity index (χ4n) is 6.89. The fourth-order valence-corrected chi connectivity index (χ4v) is 12.7. The first-order chi connectivity index (χ1) is 22.1. The number of carbonyl (C=O) groups is 1. The van der Waals surface area contributed by atoms with E-state index in [4.69, 9.17) is 9.53 Å². The molecule has 3 N–H and O–H groups in total. The van der Waals surface area contributed by atoms with Crippen molar-refractivity contribution in [1.29, 1.82) is 0 Å². The minimum absolute atomic E-state index is 0.141. The summed E-state index contributed by atoms with van der Waals surface area (Å²) in [7, 11) is -2.92. The van der Waals surface area contributed by atoms with Crippen LogP contribution < -0.4 is 10.4 Å². The summed E-state index contributed by atoms with van der Waals surface area (Å²) in [6.07, 6.45) is 8.92. The van der Waals surface area contributed by atoms with E-state index < -0.39 is 26.5 Å². The molecule has 1 heterocycles. The molecule has 0 unspecified atom stereocenters. The van der Waals surface area contributed by atoms with Crippen molar-refractivity contribution in [2.75, 3.05) is 0 Å². The van der Waals surface area contributed by atoms with E-state index in [0.717, 1.165) is 4.88 Å². The van der Waals surface area contributed by atoms with Crippen LogP contribution in [-0.2, 0) is 9.22 Å². The van der Waals surface area contributed by atoms with Crippen LogP contribution in [0.1, 0.15) is 63.9 Å². The lowest BCUT2D eigenvalue weighted by molar-refractivity contribution is -0.137. The Balaban J connectivity index is 1.54. The molecule has 1 saturated carbocycles. The Morgan fingerprint density at radius 1 is 0.935 bits per heavy atom. The first-order valence-corrected chi connectivity index (χ1v) is 19.0. The van der Waals surface area contributed by atoms with Crippen LogP contribution >= 0.6 is 11.3 Å². The van der Waals surface area contributed by atoms with E-state index in [0.29, 0.717) is 25.7 Å². The maximum Gasteiger partial charge on any atom is 0.303 e. The normalized spacial score (nSPS) is 21.4. The van der Waals surface area contributed by atoms with Gasteiger partial charge in [0.2, 0.25) is 0 Å². The van der Waals surface area contributed by atoms with Gasteiger partial charge in [-0.15, -0.1) is 11.3 Å². The molecule has 0 spiro atoms. The van der Waals surface area contributed by atoms with Gasteiger partial charge in [0.05, 0.1) is 18.3 Å². The third-order valence-corrected chi connectivity index (χ3v) is 15.4. The Morgan fingerprint density at radius 3 is 2.17 bits per heavy atom. The minimum Gasteiger partial charge on any atom is -0.481 e. The van der Waals surface area contributed by atoms with E-state index in [2.05, 4.69) is 112 Å². The Kier molecular flexibility index (Phi) is 11.1. The van der Waals surface area contributed by atoms with Crippen LogP contribution in [0.25, 0.3) is 10.1 Å². The van der Waals surface area contributed by atoms with Crippen molar-refractivity contribution in [2.45, 2.75) is 76.2 Å². The Labute approximate surface area is 278 Å². The van der Waals surface area contributed by atoms with Crippen molar-refractivity contribution in [2.24, 2.45) is 11.8 Å². The number of carboxylic acids is 1. The molecule has 1 aliphatic carbocycles. The second-order valence-corrected chi connectivity index (χ2v) is 18.7. The summed E-state index contributed by atoms with van der Waals surface area (Å²) in [5.74, 6) is -1.17. The van der Waals surface area contributed by atoms with Gasteiger partial charge in [-0.25, -0.2) is 0 Å². The summed E-state index contributed by atoms with van der Waals surface area (Å²) in [5, 5.41) is 34.3. The first-order valence-electron chi connectivity index (χ1n) is 16.3. The highest BCUT2D eigenvalue weighted by atomic mass is 32.1. The number of aliphatic hydroxyl groups excluding tert-OH is 2. The van der Waals surface area contributed by atoms with Gasteiger partial charge in [0.25, 0.3) is 8.32 Å². The molecule has 0 bridgehead atoms. The van der Waals surface area contributed by atoms with Crippen LogP contribution in [0.4, 0.5) is 0 Å². The number of unbranched alkanes of at least 4 members (excludes halogenated alkanes) is 1. The van der Waals surface area contributed by atoms with Crippen molar-refractivity contribution in [1.82, 2.24) is 0 Å². The van der Waals surface area contributed by atoms with Gasteiger partial charge in [-0.05, 0) is 58.1 Å². The molecule has 0 saturated heterocycles. The summed E-state index contributed by atoms with van der Waals surface area (Å²) >= 11 is 1.74. The number of thiophene rings is 1. The van der Waals surface area contributed by atoms with Crippen molar-refractivity contribution in [3.8, 4) is 0 Å². The number of allylic oxidation sites excluding steroid dienone is 2. The molecule has 3 aromatic carbocycles. The average Bonchev–Trinajstić information content (AvgIpc) is 3.58. The van der Waals surface area contributed by atoms with Gasteiger partial charge in [-0.3, -0.25) is 4.79 Å². The van der Waals surface area contributed by atoms with Gasteiger partial charge >= 0.3 is 5.97 Å². The topological polar surface area (TPSA) is 87.0 Å². The number of aliphatic carboxylic acids is 1. The second-order valence-electron chi connectivity index (χ2n) is 13.4. The summed E-state index contributed by atoms with van der Waals surface area (Å²) in [6.45, 7) is 6.84. The van der Waals surface area contributed by atoms with E-state index in [-0.39, 0.29) is 29.4 Å². The Hall–Kier alpha value is -3.33. The van der Waals surface area contributed by atoms with Crippen LogP contribution in [0.5, 0.6) is 0 Å². The molecular weight excluding hydrogens is 609 g/mol. The number of aliphatic hydroxyl groups is 2. The third-order valence-electron chi connectivity index (χ3n) is 9.21. The molecule has 5 atom stereocenters. The van der Waals surface area contributed by atoms with Gasteiger partial charge in [0.1, 0.15) is 0 Å². The van der Waals surface area contributed by atoms with Crippen LogP contribution in [0.15, 0.2) is 115 Å². The Bertz CT molecular complexity index is 1550. The molecule has 4 aromatic rings. The summed E-state index contributed by atoms with van der Waals surface area (Å²) in [4.78, 5) is 12.0. The predicted molar refractivity (Wildman–Crippen MR) is 191 cm³/mol. The van der Waals surface area contributed by atoms with E-state index in [1.54, 1.807) is 11.3 Å². The first kappa shape index (κ1) is 34.0. The maximum atomic E-state index is 11.1. The van der Waals surface area contributed by atoms with E-state index in [1.807, 2.05) is 24.3 Å². The lowest BCUT2D eigenvalue weighted by atomic mass is 9.89. The number of rotatable bonds is 13. The third kappa shape index (κ3) is 7.62. The molecule has 0 aliphatic heterocycles. The number of carboxylic acid groups (broad SMARTS) is 1. The monoisotopic (exact) mass is 654 g/mol. The number of benzene rings is 3. The smallest absolute Gasteiger partial charge is 0.303 e. The zero-order valence-corrected chi connectivity index (χ0v) is 28.8. The van der Waals surface area contributed by atoms with Crippen molar-refractivity contribution < 1.29 is 24.5 Å². The molecular formula is C39H46O5SSi. The lowest BCUT2D eigenvalue weighted by Crippen LogP contribution is -2.66. The van der Waals surface area contributed by atoms with Gasteiger partial charge < -0.3 is 19.7 Å². The zero-order chi connectivity index (χ0) is 32.7. The predicted octanol–water partition coefficient (Wildman–Crippen LogP) is 7.63. The summed E-state index contributed by atoms with van der Waals surface area (Å²) in [5.41, 5.74) is 0. The molecule has 1 aromatic heterocycles. The molecule has 46 heavy (non-hydrogen) atoms. The highest BCUT2D eigenvalue weighted by molar-refractivity contribution is 7.19. The second kappa shape index (κ2) is 15.0. The van der Waals surface area contributed by atoms with Crippen LogP contribution in [0.2, 0.25) is 5.04 Å². The van der Waals surface area contributed by atoms with Gasteiger partial charge in [-0.2, -0.15) is 0 Å². The Morgan fingerprint density at radius 2 is 1.57 bits per heavy atom. The lowest BCUT2D eigenvalue weighted by Gasteiger charge is -2.44. The number of hydrogen-bond acceptors (Lipinski definition) is 5. The molecule has 1 fully saturated rings. The standard InChI is InChI=1S/C39H46O5SSi/c1-39(2,3)46(29-17-8-6-9-18-29,30-19-10-7-11-20-30)44-35(37-26-28-16-14-15-22-36(28)45-37)25-24-32-31(33(40)27-34(32)41)21-12-4-5-13-23-38(42)43/h4,6-12,14-20,22,24-26,31-35,40-41H,5,13,21,23,27H2,1-3H3,(H,42,43)/b12-4+,25-24+/t31-,32-,33+,34-,35-/m1/s1.